The number of hydrogen-bond donors (Lipinski definition) is 2. The lowest BCUT2D eigenvalue weighted by Gasteiger charge is -2.00. The van der Waals surface area contributed by atoms with E-state index < -0.39 is 0 Å². The first-order valence-corrected chi connectivity index (χ1v) is 5.56. The second-order valence-electron chi connectivity index (χ2n) is 4.17. The fraction of sp³-hybridized carbons (Fsp3) is 0.0769. The molecule has 5 nitrogen and oxygen atoms in total. The van der Waals surface area contributed by atoms with E-state index in [1.807, 2.05) is 24.3 Å². The number of nitrogens with zero attached hydrogens (tertiary/aromatic N) is 1. The van der Waals surface area contributed by atoms with E-state index in [0.717, 1.165) is 10.9 Å². The summed E-state index contributed by atoms with van der Waals surface area (Å²) in [5, 5.41) is 3.44. The molecule has 0 aliphatic carbocycles. The number of aryl methyl sites for hydroxylation is 1. The smallest absolute Gasteiger partial charge is 0.293 e. The summed E-state index contributed by atoms with van der Waals surface area (Å²) < 4.78 is 1.24. The standard InChI is InChI=1S/C13H11N3O2/c1-8-6-12(17)15-16(8)13(18)11-7-9-4-2-3-5-10(9)14-11/h2-7,14H,1H3,(H,15,17). The first-order valence-electron chi connectivity index (χ1n) is 5.56. The topological polar surface area (TPSA) is 70.7 Å². The molecule has 3 rings (SSSR count). The number of H-pyrrole nitrogens is 2. The van der Waals surface area contributed by atoms with E-state index in [2.05, 4.69) is 10.1 Å². The number of rotatable bonds is 1. The molecule has 0 radical (unpaired) electrons. The van der Waals surface area contributed by atoms with E-state index in [9.17, 15) is 9.59 Å². The van der Waals surface area contributed by atoms with Gasteiger partial charge in [0.1, 0.15) is 5.69 Å². The Morgan fingerprint density at radius 3 is 2.67 bits per heavy atom. The molecule has 0 saturated heterocycles. The molecule has 0 aliphatic rings. The van der Waals surface area contributed by atoms with Gasteiger partial charge in [0.05, 0.1) is 0 Å². The average Bonchev–Trinajstić information content (AvgIpc) is 2.91. The van der Waals surface area contributed by atoms with E-state index >= 15 is 0 Å². The highest BCUT2D eigenvalue weighted by atomic mass is 16.2. The van der Waals surface area contributed by atoms with Gasteiger partial charge in [0, 0.05) is 22.7 Å². The van der Waals surface area contributed by atoms with Crippen molar-refractivity contribution in [3.8, 4) is 0 Å². The summed E-state index contributed by atoms with van der Waals surface area (Å²) in [6.07, 6.45) is 0. The Bertz CT molecular complexity index is 759. The number of carbonyl (C=O) groups is 1. The van der Waals surface area contributed by atoms with Gasteiger partial charge in [-0.25, -0.2) is 4.68 Å². The molecule has 2 heterocycles. The van der Waals surface area contributed by atoms with E-state index in [-0.39, 0.29) is 11.5 Å². The van der Waals surface area contributed by atoms with Crippen LogP contribution in [-0.2, 0) is 0 Å². The molecule has 0 bridgehead atoms. The van der Waals surface area contributed by atoms with Gasteiger partial charge in [-0.05, 0) is 19.1 Å². The summed E-state index contributed by atoms with van der Waals surface area (Å²) >= 11 is 0. The average molecular weight is 241 g/mol. The van der Waals surface area contributed by atoms with Gasteiger partial charge in [0.25, 0.3) is 11.5 Å². The van der Waals surface area contributed by atoms with E-state index in [1.165, 1.54) is 10.7 Å². The molecule has 1 aromatic carbocycles. The third-order valence-electron chi connectivity index (χ3n) is 2.88. The van der Waals surface area contributed by atoms with Crippen LogP contribution in [0.1, 0.15) is 16.2 Å². The van der Waals surface area contributed by atoms with Crippen molar-refractivity contribution in [3.63, 3.8) is 0 Å². The number of hydrogen-bond acceptors (Lipinski definition) is 2. The third-order valence-corrected chi connectivity index (χ3v) is 2.88. The monoisotopic (exact) mass is 241 g/mol. The first kappa shape index (κ1) is 10.6. The fourth-order valence-electron chi connectivity index (χ4n) is 2.00. The fourth-order valence-corrected chi connectivity index (χ4v) is 2.00. The van der Waals surface area contributed by atoms with Crippen molar-refractivity contribution in [2.75, 3.05) is 0 Å². The van der Waals surface area contributed by atoms with Crippen LogP contribution in [0.3, 0.4) is 0 Å². The van der Waals surface area contributed by atoms with Gasteiger partial charge in [-0.15, -0.1) is 0 Å². The highest BCUT2D eigenvalue weighted by Gasteiger charge is 2.14. The van der Waals surface area contributed by atoms with Crippen LogP contribution >= 0.6 is 0 Å². The lowest BCUT2D eigenvalue weighted by atomic mass is 10.2. The molecular weight excluding hydrogens is 230 g/mol. The van der Waals surface area contributed by atoms with Crippen LogP contribution in [0.5, 0.6) is 0 Å². The van der Waals surface area contributed by atoms with E-state index in [0.29, 0.717) is 11.4 Å². The van der Waals surface area contributed by atoms with Crippen LogP contribution in [0.25, 0.3) is 10.9 Å². The Kier molecular flexibility index (Phi) is 2.19. The zero-order chi connectivity index (χ0) is 12.7. The summed E-state index contributed by atoms with van der Waals surface area (Å²) in [5.41, 5.74) is 1.65. The van der Waals surface area contributed by atoms with Crippen molar-refractivity contribution in [2.24, 2.45) is 0 Å². The number of aromatic amines is 2. The summed E-state index contributed by atoms with van der Waals surface area (Å²) in [6, 6.07) is 10.8. The second-order valence-corrected chi connectivity index (χ2v) is 4.17. The van der Waals surface area contributed by atoms with Crippen molar-refractivity contribution < 1.29 is 4.79 Å². The van der Waals surface area contributed by atoms with Gasteiger partial charge < -0.3 is 4.98 Å². The zero-order valence-corrected chi connectivity index (χ0v) is 9.73. The van der Waals surface area contributed by atoms with Crippen LogP contribution in [-0.4, -0.2) is 20.7 Å². The van der Waals surface area contributed by atoms with Crippen LogP contribution in [0.2, 0.25) is 0 Å². The number of benzene rings is 1. The van der Waals surface area contributed by atoms with Gasteiger partial charge in [0.15, 0.2) is 0 Å². The molecule has 2 N–H and O–H groups in total. The zero-order valence-electron chi connectivity index (χ0n) is 9.73. The van der Waals surface area contributed by atoms with Crippen LogP contribution in [0.4, 0.5) is 0 Å². The Morgan fingerprint density at radius 2 is 2.00 bits per heavy atom. The predicted molar refractivity (Wildman–Crippen MR) is 67.8 cm³/mol. The summed E-state index contributed by atoms with van der Waals surface area (Å²) in [5.74, 6) is -0.272. The Labute approximate surface area is 102 Å². The largest absolute Gasteiger partial charge is 0.350 e. The quantitative estimate of drug-likeness (QED) is 0.680. The molecule has 0 aliphatic heterocycles. The number of carbonyl (C=O) groups excluding carboxylic acids is 1. The summed E-state index contributed by atoms with van der Waals surface area (Å²) in [7, 11) is 0. The SMILES string of the molecule is Cc1cc(=O)[nH]n1C(=O)c1cc2ccccc2[nH]1. The van der Waals surface area contributed by atoms with Crippen molar-refractivity contribution >= 4 is 16.8 Å². The molecule has 0 spiro atoms. The molecule has 0 saturated carbocycles. The van der Waals surface area contributed by atoms with E-state index in [4.69, 9.17) is 0 Å². The Balaban J connectivity index is 2.12. The van der Waals surface area contributed by atoms with Crippen molar-refractivity contribution in [1.29, 1.82) is 0 Å². The van der Waals surface area contributed by atoms with Gasteiger partial charge in [-0.2, -0.15) is 0 Å². The third kappa shape index (κ3) is 1.57. The lowest BCUT2D eigenvalue weighted by Crippen LogP contribution is -2.17. The van der Waals surface area contributed by atoms with Crippen molar-refractivity contribution in [3.05, 3.63) is 58.1 Å². The molecule has 2 aromatic heterocycles. The van der Waals surface area contributed by atoms with Gasteiger partial charge >= 0.3 is 0 Å². The number of fused-ring (bicyclic) bond motifs is 1. The maximum absolute atomic E-state index is 12.2. The van der Waals surface area contributed by atoms with Gasteiger partial charge in [-0.3, -0.25) is 14.7 Å². The van der Waals surface area contributed by atoms with Gasteiger partial charge in [-0.1, -0.05) is 18.2 Å². The highest BCUT2D eigenvalue weighted by Crippen LogP contribution is 2.15. The highest BCUT2D eigenvalue weighted by molar-refractivity contribution is 5.99. The predicted octanol–water partition coefficient (Wildman–Crippen LogP) is 1.65. The first-order chi connectivity index (χ1) is 8.65. The van der Waals surface area contributed by atoms with Crippen LogP contribution in [0.15, 0.2) is 41.2 Å². The van der Waals surface area contributed by atoms with Crippen LogP contribution in [0, 0.1) is 6.92 Å². The molecule has 0 amide bonds. The molecule has 0 fully saturated rings. The molecule has 90 valence electrons. The minimum Gasteiger partial charge on any atom is -0.350 e. The molecule has 0 atom stereocenters. The number of para-hydroxylation sites is 1. The Hall–Kier alpha value is -2.56. The van der Waals surface area contributed by atoms with Crippen LogP contribution < -0.4 is 5.56 Å². The maximum atomic E-state index is 12.2. The number of aromatic nitrogens is 3. The normalized spacial score (nSPS) is 10.9. The van der Waals surface area contributed by atoms with Crippen molar-refractivity contribution in [2.45, 2.75) is 6.92 Å². The van der Waals surface area contributed by atoms with Gasteiger partial charge in [0.2, 0.25) is 0 Å². The summed E-state index contributed by atoms with van der Waals surface area (Å²) in [6.45, 7) is 1.71. The molecule has 18 heavy (non-hydrogen) atoms. The van der Waals surface area contributed by atoms with Crippen molar-refractivity contribution in [1.82, 2.24) is 14.8 Å². The molecular formula is C13H11N3O2. The summed E-state index contributed by atoms with van der Waals surface area (Å²) in [4.78, 5) is 26.4. The number of nitrogens with one attached hydrogen (secondary N) is 2. The maximum Gasteiger partial charge on any atom is 0.293 e. The molecule has 0 unspecified atom stereocenters. The second kappa shape index (κ2) is 3.73. The molecule has 5 heteroatoms. The van der Waals surface area contributed by atoms with E-state index in [1.54, 1.807) is 13.0 Å². The minimum absolute atomic E-state index is 0.272. The Morgan fingerprint density at radius 1 is 1.22 bits per heavy atom. The molecule has 3 aromatic rings. The minimum atomic E-state index is -0.281. The lowest BCUT2D eigenvalue weighted by molar-refractivity contribution is 0.0938.